The highest BCUT2D eigenvalue weighted by Crippen LogP contribution is 2.40. The molecule has 190 valence electrons. The lowest BCUT2D eigenvalue weighted by Gasteiger charge is -2.31. The van der Waals surface area contributed by atoms with Gasteiger partial charge in [0.25, 0.3) is 5.56 Å². The third kappa shape index (κ3) is 5.39. The van der Waals surface area contributed by atoms with E-state index in [1.165, 1.54) is 16.8 Å². The highest BCUT2D eigenvalue weighted by molar-refractivity contribution is 7.10. The lowest BCUT2D eigenvalue weighted by Crippen LogP contribution is -2.41. The zero-order chi connectivity index (χ0) is 26.1. The molecule has 1 unspecified atom stereocenters. The number of rotatable bonds is 5. The topological polar surface area (TPSA) is 101 Å². The molecule has 5 rings (SSSR count). The van der Waals surface area contributed by atoms with E-state index in [4.69, 9.17) is 49.9 Å². The van der Waals surface area contributed by atoms with Crippen molar-refractivity contribution in [2.75, 3.05) is 13.1 Å². The van der Waals surface area contributed by atoms with Crippen LogP contribution >= 0.6 is 46.1 Å². The van der Waals surface area contributed by atoms with Gasteiger partial charge in [-0.15, -0.1) is 11.3 Å². The van der Waals surface area contributed by atoms with Crippen molar-refractivity contribution >= 4 is 57.8 Å². The van der Waals surface area contributed by atoms with E-state index in [1.54, 1.807) is 34.4 Å². The second-order valence-electron chi connectivity index (χ2n) is 8.81. The van der Waals surface area contributed by atoms with Crippen LogP contribution in [0, 0.1) is 11.3 Å². The average molecular weight is 577 g/mol. The molecule has 12 heteroatoms. The van der Waals surface area contributed by atoms with Gasteiger partial charge in [0.2, 0.25) is 5.91 Å². The minimum atomic E-state index is -0.454. The lowest BCUT2D eigenvalue weighted by atomic mass is 9.97. The van der Waals surface area contributed by atoms with Crippen LogP contribution in [0.4, 0.5) is 0 Å². The van der Waals surface area contributed by atoms with Crippen LogP contribution in [0.1, 0.15) is 53.1 Å². The zero-order valence-electron chi connectivity index (χ0n) is 19.4. The standard InChI is InChI=1S/C25H20Cl3N5O3S/c26-16-8-17(27)23(18(28)9-16)21-10-19(31-36-21)20-13-37-24(30-20)14-3-6-32(7-4-14)22(34)12-33-5-1-2-15(11-29)25(33)35/h1-2,5,8-9,13-14,21H,3-4,6-7,10,12H2. The largest absolute Gasteiger partial charge is 0.387 e. The van der Waals surface area contributed by atoms with Gasteiger partial charge in [-0.1, -0.05) is 40.0 Å². The number of benzene rings is 1. The van der Waals surface area contributed by atoms with E-state index in [2.05, 4.69) is 5.16 Å². The summed E-state index contributed by atoms with van der Waals surface area (Å²) in [6, 6.07) is 8.16. The average Bonchev–Trinajstić information content (AvgIpc) is 3.55. The van der Waals surface area contributed by atoms with Gasteiger partial charge in [0, 0.05) is 47.6 Å². The molecule has 1 atom stereocenters. The molecule has 0 N–H and O–H groups in total. The maximum absolute atomic E-state index is 12.8. The Morgan fingerprint density at radius 3 is 2.65 bits per heavy atom. The van der Waals surface area contributed by atoms with Crippen molar-refractivity contribution in [3.63, 3.8) is 0 Å². The van der Waals surface area contributed by atoms with Gasteiger partial charge >= 0.3 is 0 Å². The lowest BCUT2D eigenvalue weighted by molar-refractivity contribution is -0.132. The van der Waals surface area contributed by atoms with Gasteiger partial charge in [-0.2, -0.15) is 5.26 Å². The van der Waals surface area contributed by atoms with Crippen molar-refractivity contribution in [1.29, 1.82) is 5.26 Å². The van der Waals surface area contributed by atoms with Crippen molar-refractivity contribution in [3.05, 3.63) is 83.1 Å². The van der Waals surface area contributed by atoms with Crippen LogP contribution in [0.15, 0.2) is 45.8 Å². The Balaban J connectivity index is 1.18. The molecular formula is C25H20Cl3N5O3S. The van der Waals surface area contributed by atoms with E-state index < -0.39 is 11.7 Å². The summed E-state index contributed by atoms with van der Waals surface area (Å²) in [6.45, 7) is 1.07. The van der Waals surface area contributed by atoms with Crippen molar-refractivity contribution in [2.24, 2.45) is 5.16 Å². The Morgan fingerprint density at radius 1 is 1.22 bits per heavy atom. The predicted molar refractivity (Wildman–Crippen MR) is 143 cm³/mol. The molecule has 1 amide bonds. The predicted octanol–water partition coefficient (Wildman–Crippen LogP) is 5.41. The number of oxime groups is 1. The molecule has 37 heavy (non-hydrogen) atoms. The molecule has 4 heterocycles. The van der Waals surface area contributed by atoms with Gasteiger partial charge < -0.3 is 14.3 Å². The van der Waals surface area contributed by atoms with Crippen LogP contribution in [-0.4, -0.2) is 39.2 Å². The number of likely N-dealkylation sites (tertiary alicyclic amines) is 1. The summed E-state index contributed by atoms with van der Waals surface area (Å²) >= 11 is 20.3. The van der Waals surface area contributed by atoms with Crippen molar-refractivity contribution < 1.29 is 9.63 Å². The number of nitrogens with zero attached hydrogens (tertiary/aromatic N) is 5. The highest BCUT2D eigenvalue weighted by Gasteiger charge is 2.31. The normalized spacial score (nSPS) is 17.8. The van der Waals surface area contributed by atoms with Gasteiger partial charge in [0.05, 0.1) is 20.7 Å². The van der Waals surface area contributed by atoms with E-state index in [9.17, 15) is 9.59 Å². The number of halogens is 3. The molecule has 3 aromatic rings. The number of amides is 1. The fraction of sp³-hybridized carbons (Fsp3) is 0.320. The highest BCUT2D eigenvalue weighted by atomic mass is 35.5. The fourth-order valence-corrected chi connectivity index (χ4v) is 6.58. The van der Waals surface area contributed by atoms with Crippen LogP contribution < -0.4 is 5.56 Å². The molecule has 0 aliphatic carbocycles. The Labute approximate surface area is 231 Å². The number of carbonyl (C=O) groups is 1. The number of pyridine rings is 1. The number of aromatic nitrogens is 2. The van der Waals surface area contributed by atoms with Crippen molar-refractivity contribution in [2.45, 2.75) is 37.8 Å². The molecule has 2 aliphatic rings. The van der Waals surface area contributed by atoms with Crippen LogP contribution in [0.2, 0.25) is 15.1 Å². The van der Waals surface area contributed by atoms with Crippen molar-refractivity contribution in [1.82, 2.24) is 14.5 Å². The van der Waals surface area contributed by atoms with Gasteiger partial charge in [0.1, 0.15) is 23.9 Å². The summed E-state index contributed by atoms with van der Waals surface area (Å²) in [5, 5.41) is 17.6. The smallest absolute Gasteiger partial charge is 0.268 e. The van der Waals surface area contributed by atoms with Crippen molar-refractivity contribution in [3.8, 4) is 6.07 Å². The van der Waals surface area contributed by atoms with E-state index in [1.807, 2.05) is 11.4 Å². The summed E-state index contributed by atoms with van der Waals surface area (Å²) in [7, 11) is 0. The number of piperidine rings is 1. The van der Waals surface area contributed by atoms with E-state index in [-0.39, 0.29) is 23.9 Å². The number of carbonyl (C=O) groups excluding carboxylic acids is 1. The molecule has 1 saturated heterocycles. The van der Waals surface area contributed by atoms with Gasteiger partial charge in [-0.05, 0) is 37.1 Å². The zero-order valence-corrected chi connectivity index (χ0v) is 22.4. The summed E-state index contributed by atoms with van der Waals surface area (Å²) in [6.07, 6.45) is 3.15. The minimum Gasteiger partial charge on any atom is -0.387 e. The van der Waals surface area contributed by atoms with Crippen LogP contribution in [-0.2, 0) is 16.2 Å². The maximum Gasteiger partial charge on any atom is 0.268 e. The van der Waals surface area contributed by atoms with Gasteiger partial charge in [0.15, 0.2) is 6.10 Å². The van der Waals surface area contributed by atoms with Gasteiger partial charge in [-0.25, -0.2) is 4.98 Å². The van der Waals surface area contributed by atoms with Crippen LogP contribution in [0.3, 0.4) is 0 Å². The van der Waals surface area contributed by atoms with E-state index >= 15 is 0 Å². The number of hydrogen-bond acceptors (Lipinski definition) is 7. The number of nitriles is 1. The quantitative estimate of drug-likeness (QED) is 0.404. The first-order valence-corrected chi connectivity index (χ1v) is 13.6. The first-order chi connectivity index (χ1) is 17.8. The fourth-order valence-electron chi connectivity index (χ4n) is 4.52. The molecule has 1 aromatic carbocycles. The number of hydrogen-bond donors (Lipinski definition) is 0. The molecular weight excluding hydrogens is 557 g/mol. The Kier molecular flexibility index (Phi) is 7.54. The molecule has 8 nitrogen and oxygen atoms in total. The second kappa shape index (κ2) is 10.8. The molecule has 2 aliphatic heterocycles. The number of thiazole rings is 1. The molecule has 0 saturated carbocycles. The third-order valence-corrected chi connectivity index (χ3v) is 8.35. The van der Waals surface area contributed by atoms with Gasteiger partial charge in [-0.3, -0.25) is 9.59 Å². The Morgan fingerprint density at radius 2 is 1.95 bits per heavy atom. The summed E-state index contributed by atoms with van der Waals surface area (Å²) in [5.41, 5.74) is 1.72. The first-order valence-electron chi connectivity index (χ1n) is 11.5. The molecule has 0 radical (unpaired) electrons. The summed E-state index contributed by atoms with van der Waals surface area (Å²) < 4.78 is 1.28. The SMILES string of the molecule is N#Cc1cccn(CC(=O)N2CCC(c3nc(C4=NOC(c5c(Cl)cc(Cl)cc5Cl)C4)cs3)CC2)c1=O. The van der Waals surface area contributed by atoms with Crippen LogP contribution in [0.5, 0.6) is 0 Å². The van der Waals surface area contributed by atoms with Crippen LogP contribution in [0.25, 0.3) is 0 Å². The maximum atomic E-state index is 12.8. The van der Waals surface area contributed by atoms with E-state index in [0.29, 0.717) is 40.1 Å². The first kappa shape index (κ1) is 25.7. The monoisotopic (exact) mass is 575 g/mol. The Bertz CT molecular complexity index is 1460. The van der Waals surface area contributed by atoms with E-state index in [0.717, 1.165) is 29.3 Å². The molecule has 1 fully saturated rings. The minimum absolute atomic E-state index is 0.0246. The summed E-state index contributed by atoms with van der Waals surface area (Å²) in [4.78, 5) is 37.2. The molecule has 0 bridgehead atoms. The Hall–Kier alpha value is -2.90. The molecule has 2 aromatic heterocycles. The summed E-state index contributed by atoms with van der Waals surface area (Å²) in [5.74, 6) is 0.0878. The molecule has 0 spiro atoms. The second-order valence-corrected chi connectivity index (χ2v) is 11.0. The third-order valence-electron chi connectivity index (χ3n) is 6.50.